The van der Waals surface area contributed by atoms with Crippen molar-refractivity contribution in [2.45, 2.75) is 0 Å². The fraction of sp³-hybridized carbons (Fsp3) is 0.385. The summed E-state index contributed by atoms with van der Waals surface area (Å²) in [6.45, 7) is 3.86. The van der Waals surface area contributed by atoms with Crippen LogP contribution in [0.25, 0.3) is 11.2 Å². The summed E-state index contributed by atoms with van der Waals surface area (Å²) < 4.78 is 0. The van der Waals surface area contributed by atoms with Crippen molar-refractivity contribution in [3.63, 3.8) is 0 Å². The van der Waals surface area contributed by atoms with Crippen LogP contribution in [0.2, 0.25) is 0 Å². The van der Waals surface area contributed by atoms with E-state index >= 15 is 0 Å². The van der Waals surface area contributed by atoms with Crippen LogP contribution < -0.4 is 10.6 Å². The predicted octanol–water partition coefficient (Wildman–Crippen LogP) is -0.107. The SMILES string of the molecule is N/C(CN1CCN(c2ccc3nccnc3n2)CC1)=N/O. The predicted molar refractivity (Wildman–Crippen MR) is 79.4 cm³/mol. The first-order valence-electron chi connectivity index (χ1n) is 6.78. The average Bonchev–Trinajstić information content (AvgIpc) is 2.55. The van der Waals surface area contributed by atoms with Gasteiger partial charge in [-0.1, -0.05) is 5.16 Å². The Hall–Kier alpha value is -2.48. The van der Waals surface area contributed by atoms with Gasteiger partial charge in [-0.2, -0.15) is 0 Å². The fourth-order valence-corrected chi connectivity index (χ4v) is 2.42. The van der Waals surface area contributed by atoms with Crippen molar-refractivity contribution in [1.82, 2.24) is 19.9 Å². The normalized spacial score (nSPS) is 17.3. The maximum Gasteiger partial charge on any atom is 0.180 e. The summed E-state index contributed by atoms with van der Waals surface area (Å²) in [4.78, 5) is 17.3. The second kappa shape index (κ2) is 5.88. The lowest BCUT2D eigenvalue weighted by molar-refractivity contribution is 0.278. The zero-order chi connectivity index (χ0) is 14.7. The number of nitrogens with two attached hydrogens (primary N) is 1. The number of amidine groups is 1. The minimum atomic E-state index is 0.238. The number of hydrogen-bond acceptors (Lipinski definition) is 7. The molecule has 1 fully saturated rings. The van der Waals surface area contributed by atoms with E-state index in [1.54, 1.807) is 12.4 Å². The standard InChI is InChI=1S/C13H17N7O/c14-11(18-21)9-19-5-7-20(8-6-19)12-2-1-10-13(17-12)16-4-3-15-10/h1-4,21H,5-9H2,(H2,14,18). The van der Waals surface area contributed by atoms with E-state index in [1.165, 1.54) is 0 Å². The van der Waals surface area contributed by atoms with Crippen LogP contribution in [0, 0.1) is 0 Å². The number of piperazine rings is 1. The van der Waals surface area contributed by atoms with Gasteiger partial charge in [-0.05, 0) is 12.1 Å². The minimum absolute atomic E-state index is 0.238. The number of nitrogens with zero attached hydrogens (tertiary/aromatic N) is 6. The lowest BCUT2D eigenvalue weighted by Crippen LogP contribution is -2.49. The van der Waals surface area contributed by atoms with Gasteiger partial charge in [0, 0.05) is 38.6 Å². The first-order chi connectivity index (χ1) is 10.3. The van der Waals surface area contributed by atoms with Crippen LogP contribution in [0.15, 0.2) is 29.7 Å². The quantitative estimate of drug-likeness (QED) is 0.351. The number of aromatic nitrogens is 3. The molecule has 110 valence electrons. The monoisotopic (exact) mass is 287 g/mol. The molecule has 3 N–H and O–H groups in total. The Morgan fingerprint density at radius 3 is 2.71 bits per heavy atom. The molecule has 0 atom stereocenters. The fourth-order valence-electron chi connectivity index (χ4n) is 2.42. The van der Waals surface area contributed by atoms with Crippen molar-refractivity contribution in [3.8, 4) is 0 Å². The summed E-state index contributed by atoms with van der Waals surface area (Å²) in [7, 11) is 0. The lowest BCUT2D eigenvalue weighted by atomic mass is 10.3. The van der Waals surface area contributed by atoms with E-state index < -0.39 is 0 Å². The number of fused-ring (bicyclic) bond motifs is 1. The molecule has 0 radical (unpaired) electrons. The van der Waals surface area contributed by atoms with E-state index in [0.29, 0.717) is 12.2 Å². The van der Waals surface area contributed by atoms with Crippen LogP contribution in [0.3, 0.4) is 0 Å². The van der Waals surface area contributed by atoms with E-state index in [4.69, 9.17) is 10.9 Å². The van der Waals surface area contributed by atoms with Crippen molar-refractivity contribution in [2.24, 2.45) is 10.9 Å². The van der Waals surface area contributed by atoms with Crippen LogP contribution in [0.5, 0.6) is 0 Å². The summed E-state index contributed by atoms with van der Waals surface area (Å²) in [5, 5.41) is 11.6. The Morgan fingerprint density at radius 2 is 1.95 bits per heavy atom. The molecule has 21 heavy (non-hydrogen) atoms. The summed E-state index contributed by atoms with van der Waals surface area (Å²) >= 11 is 0. The lowest BCUT2D eigenvalue weighted by Gasteiger charge is -2.35. The second-order valence-corrected chi connectivity index (χ2v) is 4.92. The van der Waals surface area contributed by atoms with Crippen LogP contribution in [0.4, 0.5) is 5.82 Å². The Bertz CT molecular complexity index is 652. The molecule has 1 aliphatic heterocycles. The van der Waals surface area contributed by atoms with Gasteiger partial charge in [0.2, 0.25) is 0 Å². The molecule has 2 aromatic rings. The maximum absolute atomic E-state index is 8.60. The molecule has 0 bridgehead atoms. The highest BCUT2D eigenvalue weighted by Crippen LogP contribution is 2.16. The van der Waals surface area contributed by atoms with Crippen LogP contribution >= 0.6 is 0 Å². The Labute approximate surface area is 121 Å². The number of rotatable bonds is 3. The van der Waals surface area contributed by atoms with Gasteiger partial charge in [-0.3, -0.25) is 9.88 Å². The molecule has 0 aliphatic carbocycles. The molecular weight excluding hydrogens is 270 g/mol. The number of hydrogen-bond donors (Lipinski definition) is 2. The third-order valence-electron chi connectivity index (χ3n) is 3.53. The molecule has 0 unspecified atom stereocenters. The zero-order valence-electron chi connectivity index (χ0n) is 11.6. The number of pyridine rings is 1. The molecular formula is C13H17N7O. The van der Waals surface area contributed by atoms with E-state index in [9.17, 15) is 0 Å². The molecule has 3 heterocycles. The molecule has 8 heteroatoms. The molecule has 8 nitrogen and oxygen atoms in total. The van der Waals surface area contributed by atoms with E-state index in [1.807, 2.05) is 12.1 Å². The summed E-state index contributed by atoms with van der Waals surface area (Å²) in [5.41, 5.74) is 6.99. The van der Waals surface area contributed by atoms with Crippen molar-refractivity contribution in [3.05, 3.63) is 24.5 Å². The first kappa shape index (κ1) is 13.5. The molecule has 0 aromatic carbocycles. The number of oxime groups is 1. The smallest absolute Gasteiger partial charge is 0.180 e. The topological polar surface area (TPSA) is 104 Å². The van der Waals surface area contributed by atoms with Gasteiger partial charge in [-0.25, -0.2) is 9.97 Å². The highest BCUT2D eigenvalue weighted by molar-refractivity contribution is 5.81. The minimum Gasteiger partial charge on any atom is -0.409 e. The van der Waals surface area contributed by atoms with Crippen molar-refractivity contribution < 1.29 is 5.21 Å². The highest BCUT2D eigenvalue weighted by Gasteiger charge is 2.19. The van der Waals surface area contributed by atoms with Gasteiger partial charge in [0.05, 0.1) is 6.54 Å². The van der Waals surface area contributed by atoms with Gasteiger partial charge in [0.1, 0.15) is 11.3 Å². The van der Waals surface area contributed by atoms with Crippen LogP contribution in [-0.4, -0.2) is 63.6 Å². The first-order valence-corrected chi connectivity index (χ1v) is 6.78. The van der Waals surface area contributed by atoms with Gasteiger partial charge >= 0.3 is 0 Å². The van der Waals surface area contributed by atoms with E-state index in [2.05, 4.69) is 29.9 Å². The van der Waals surface area contributed by atoms with E-state index in [-0.39, 0.29) is 5.84 Å². The molecule has 3 rings (SSSR count). The molecule has 2 aromatic heterocycles. The third-order valence-corrected chi connectivity index (χ3v) is 3.53. The van der Waals surface area contributed by atoms with Crippen molar-refractivity contribution >= 4 is 22.8 Å². The van der Waals surface area contributed by atoms with Gasteiger partial charge < -0.3 is 15.8 Å². The maximum atomic E-state index is 8.60. The Kier molecular flexibility index (Phi) is 3.78. The summed E-state index contributed by atoms with van der Waals surface area (Å²) in [6.07, 6.45) is 3.31. The highest BCUT2D eigenvalue weighted by atomic mass is 16.4. The average molecular weight is 287 g/mol. The molecule has 1 aliphatic rings. The number of anilines is 1. The van der Waals surface area contributed by atoms with Gasteiger partial charge in [-0.15, -0.1) is 0 Å². The molecule has 0 amide bonds. The van der Waals surface area contributed by atoms with Crippen LogP contribution in [0.1, 0.15) is 0 Å². The van der Waals surface area contributed by atoms with Crippen molar-refractivity contribution in [2.75, 3.05) is 37.6 Å². The molecule has 1 saturated heterocycles. The second-order valence-electron chi connectivity index (χ2n) is 4.92. The van der Waals surface area contributed by atoms with Crippen LogP contribution in [-0.2, 0) is 0 Å². The third kappa shape index (κ3) is 3.00. The molecule has 0 saturated carbocycles. The van der Waals surface area contributed by atoms with Crippen molar-refractivity contribution in [1.29, 1.82) is 0 Å². The van der Waals surface area contributed by atoms with Gasteiger partial charge in [0.15, 0.2) is 11.5 Å². The van der Waals surface area contributed by atoms with Gasteiger partial charge in [0.25, 0.3) is 0 Å². The van der Waals surface area contributed by atoms with E-state index in [0.717, 1.165) is 37.5 Å². The largest absolute Gasteiger partial charge is 0.409 e. The zero-order valence-corrected chi connectivity index (χ0v) is 11.6. The Morgan fingerprint density at radius 1 is 1.19 bits per heavy atom. The summed E-state index contributed by atoms with van der Waals surface area (Å²) in [6, 6.07) is 3.91. The molecule has 0 spiro atoms. The Balaban J connectivity index is 1.68. The summed E-state index contributed by atoms with van der Waals surface area (Å²) in [5.74, 6) is 1.15.